The van der Waals surface area contributed by atoms with E-state index < -0.39 is 40.6 Å². The van der Waals surface area contributed by atoms with E-state index in [1.54, 1.807) is 36.4 Å². The molecule has 0 bridgehead atoms. The molecule has 3 N–H and O–H groups in total. The number of hydrogen-bond donors (Lipinski definition) is 3. The van der Waals surface area contributed by atoms with Crippen LogP contribution in [0, 0.1) is 17.5 Å². The number of carboxylic acid groups (broad SMARTS) is 1. The number of halogens is 3. The van der Waals surface area contributed by atoms with Gasteiger partial charge in [-0.25, -0.2) is 27.4 Å². The molecule has 0 aliphatic rings. The van der Waals surface area contributed by atoms with Gasteiger partial charge in [0.1, 0.15) is 11.6 Å². The number of hydrogen-bond acceptors (Lipinski definition) is 3. The van der Waals surface area contributed by atoms with Crippen LogP contribution >= 0.6 is 0 Å². The molecule has 0 aliphatic heterocycles. The van der Waals surface area contributed by atoms with Gasteiger partial charge in [0.2, 0.25) is 0 Å². The zero-order valence-electron chi connectivity index (χ0n) is 19.0. The van der Waals surface area contributed by atoms with Crippen LogP contribution in [0.4, 0.5) is 29.5 Å². The second-order valence-corrected chi connectivity index (χ2v) is 8.92. The maximum Gasteiger partial charge on any atom is 0.336 e. The first kappa shape index (κ1) is 23.8. The molecule has 0 unspecified atom stereocenters. The maximum absolute atomic E-state index is 14.0. The van der Waals surface area contributed by atoms with Crippen molar-refractivity contribution >= 4 is 34.3 Å². The Kier molecular flexibility index (Phi) is 5.98. The first-order valence-corrected chi connectivity index (χ1v) is 10.5. The first-order valence-electron chi connectivity index (χ1n) is 10.5. The average Bonchev–Trinajstić information content (AvgIpc) is 3.20. The van der Waals surface area contributed by atoms with Crippen LogP contribution in [-0.4, -0.2) is 26.9 Å². The molecule has 0 fully saturated rings. The van der Waals surface area contributed by atoms with Crippen molar-refractivity contribution in [2.45, 2.75) is 26.2 Å². The van der Waals surface area contributed by atoms with E-state index >= 15 is 0 Å². The van der Waals surface area contributed by atoms with Gasteiger partial charge in [0.15, 0.2) is 11.6 Å². The zero-order valence-corrected chi connectivity index (χ0v) is 19.0. The highest BCUT2D eigenvalue weighted by Gasteiger charge is 2.23. The fraction of sp³-hybridized carbons (Fsp3) is 0.160. The molecule has 180 valence electrons. The Balaban J connectivity index is 1.77. The monoisotopic (exact) mass is 482 g/mol. The van der Waals surface area contributed by atoms with Crippen molar-refractivity contribution in [1.82, 2.24) is 9.78 Å². The lowest BCUT2D eigenvalue weighted by atomic mass is 9.92. The van der Waals surface area contributed by atoms with Gasteiger partial charge in [-0.3, -0.25) is 5.32 Å². The molecule has 4 aromatic rings. The van der Waals surface area contributed by atoms with Gasteiger partial charge < -0.3 is 10.4 Å². The predicted molar refractivity (Wildman–Crippen MR) is 126 cm³/mol. The van der Waals surface area contributed by atoms with Crippen LogP contribution in [0.25, 0.3) is 16.5 Å². The van der Waals surface area contributed by atoms with E-state index in [4.69, 9.17) is 0 Å². The third-order valence-corrected chi connectivity index (χ3v) is 5.30. The van der Waals surface area contributed by atoms with Crippen molar-refractivity contribution in [3.05, 3.63) is 83.3 Å². The number of fused-ring (bicyclic) bond motifs is 1. The van der Waals surface area contributed by atoms with Crippen molar-refractivity contribution in [2.24, 2.45) is 0 Å². The van der Waals surface area contributed by atoms with Crippen molar-refractivity contribution < 1.29 is 27.9 Å². The molecule has 35 heavy (non-hydrogen) atoms. The Morgan fingerprint density at radius 2 is 1.60 bits per heavy atom. The number of anilines is 2. The summed E-state index contributed by atoms with van der Waals surface area (Å²) < 4.78 is 42.1. The van der Waals surface area contributed by atoms with Crippen molar-refractivity contribution in [3.63, 3.8) is 0 Å². The zero-order chi connectivity index (χ0) is 25.5. The first-order chi connectivity index (χ1) is 16.4. The summed E-state index contributed by atoms with van der Waals surface area (Å²) >= 11 is 0. The lowest BCUT2D eigenvalue weighted by molar-refractivity contribution is 0.0699. The Morgan fingerprint density at radius 3 is 2.29 bits per heavy atom. The fourth-order valence-electron chi connectivity index (χ4n) is 3.52. The lowest BCUT2D eigenvalue weighted by Gasteiger charge is -2.14. The Morgan fingerprint density at radius 1 is 0.914 bits per heavy atom. The highest BCUT2D eigenvalue weighted by Crippen LogP contribution is 2.29. The summed E-state index contributed by atoms with van der Waals surface area (Å²) in [7, 11) is 0. The summed E-state index contributed by atoms with van der Waals surface area (Å²) in [6.45, 7) is 5.72. The predicted octanol–water partition coefficient (Wildman–Crippen LogP) is 6.08. The molecule has 0 spiro atoms. The number of benzene rings is 3. The molecule has 1 aromatic heterocycles. The molecular weight excluding hydrogens is 461 g/mol. The molecule has 3 aromatic carbocycles. The molecule has 1 heterocycles. The second kappa shape index (κ2) is 8.79. The number of rotatable bonds is 4. The molecule has 2 amide bonds. The standard InChI is InChI=1S/C25H21F3N4O3/c1-25(2,3)21-12-22(30-24(35)29-20-11-18(27)17(26)10-19(20)28)32(31-21)14-8-13-6-4-5-7-15(13)16(9-14)23(33)34/h4-12H,1-3H3,(H,33,34)(H2,29,30,35). The van der Waals surface area contributed by atoms with Crippen LogP contribution in [0.2, 0.25) is 0 Å². The molecule has 0 aliphatic carbocycles. The fourth-order valence-corrected chi connectivity index (χ4v) is 3.52. The number of nitrogens with zero attached hydrogens (tertiary/aromatic N) is 2. The van der Waals surface area contributed by atoms with Gasteiger partial charge in [-0.15, -0.1) is 0 Å². The summed E-state index contributed by atoms with van der Waals surface area (Å²) in [5.41, 5.74) is 0.00638. The van der Waals surface area contributed by atoms with Crippen molar-refractivity contribution in [3.8, 4) is 5.69 Å². The van der Waals surface area contributed by atoms with Gasteiger partial charge in [0.05, 0.1) is 22.6 Å². The summed E-state index contributed by atoms with van der Waals surface area (Å²) in [5, 5.41) is 20.1. The molecule has 10 heteroatoms. The minimum Gasteiger partial charge on any atom is -0.478 e. The van der Waals surface area contributed by atoms with E-state index in [1.165, 1.54) is 10.7 Å². The lowest BCUT2D eigenvalue weighted by Crippen LogP contribution is -2.22. The molecular formula is C25H21F3N4O3. The van der Waals surface area contributed by atoms with Crippen LogP contribution in [-0.2, 0) is 5.41 Å². The number of aromatic carboxylic acids is 1. The van der Waals surface area contributed by atoms with E-state index in [-0.39, 0.29) is 11.4 Å². The Hall–Kier alpha value is -4.34. The topological polar surface area (TPSA) is 96.2 Å². The van der Waals surface area contributed by atoms with E-state index in [1.807, 2.05) is 20.8 Å². The number of urea groups is 1. The van der Waals surface area contributed by atoms with Gasteiger partial charge in [-0.05, 0) is 22.9 Å². The van der Waals surface area contributed by atoms with Gasteiger partial charge in [-0.2, -0.15) is 5.10 Å². The third-order valence-electron chi connectivity index (χ3n) is 5.30. The average molecular weight is 482 g/mol. The summed E-state index contributed by atoms with van der Waals surface area (Å²) in [5.74, 6) is -4.83. The SMILES string of the molecule is CC(C)(C)c1cc(NC(=O)Nc2cc(F)c(F)cc2F)n(-c2cc(C(=O)O)c3ccccc3c2)n1. The van der Waals surface area contributed by atoms with E-state index in [0.29, 0.717) is 34.3 Å². The molecule has 7 nitrogen and oxygen atoms in total. The molecule has 4 rings (SSSR count). The van der Waals surface area contributed by atoms with Crippen LogP contribution in [0.5, 0.6) is 0 Å². The van der Waals surface area contributed by atoms with Gasteiger partial charge in [0.25, 0.3) is 0 Å². The van der Waals surface area contributed by atoms with Gasteiger partial charge >= 0.3 is 12.0 Å². The molecule has 0 saturated carbocycles. The molecule has 0 saturated heterocycles. The Labute approximate surface area is 198 Å². The van der Waals surface area contributed by atoms with Crippen molar-refractivity contribution in [2.75, 3.05) is 10.6 Å². The molecule has 0 radical (unpaired) electrons. The van der Waals surface area contributed by atoms with E-state index in [0.717, 1.165) is 0 Å². The van der Waals surface area contributed by atoms with Crippen LogP contribution < -0.4 is 10.6 Å². The number of carbonyl (C=O) groups excluding carboxylic acids is 1. The minimum atomic E-state index is -1.38. The smallest absolute Gasteiger partial charge is 0.336 e. The third kappa shape index (κ3) is 4.81. The molecule has 0 atom stereocenters. The highest BCUT2D eigenvalue weighted by atomic mass is 19.2. The van der Waals surface area contributed by atoms with Crippen LogP contribution in [0.1, 0.15) is 36.8 Å². The highest BCUT2D eigenvalue weighted by molar-refractivity contribution is 6.05. The summed E-state index contributed by atoms with van der Waals surface area (Å²) in [4.78, 5) is 24.5. The quantitative estimate of drug-likeness (QED) is 0.307. The number of nitrogens with one attached hydrogen (secondary N) is 2. The van der Waals surface area contributed by atoms with E-state index in [2.05, 4.69) is 15.7 Å². The van der Waals surface area contributed by atoms with E-state index in [9.17, 15) is 27.9 Å². The Bertz CT molecular complexity index is 1480. The van der Waals surface area contributed by atoms with Crippen molar-refractivity contribution in [1.29, 1.82) is 0 Å². The summed E-state index contributed by atoms with van der Waals surface area (Å²) in [6.07, 6.45) is 0. The number of amides is 2. The normalized spacial score (nSPS) is 11.5. The second-order valence-electron chi connectivity index (χ2n) is 8.92. The van der Waals surface area contributed by atoms with Crippen LogP contribution in [0.3, 0.4) is 0 Å². The number of carboxylic acids is 1. The number of aromatic nitrogens is 2. The van der Waals surface area contributed by atoms with Gasteiger partial charge in [-0.1, -0.05) is 45.0 Å². The minimum absolute atomic E-state index is 0.0465. The van der Waals surface area contributed by atoms with Gasteiger partial charge in [0, 0.05) is 23.6 Å². The largest absolute Gasteiger partial charge is 0.478 e. The number of carbonyl (C=O) groups is 2. The maximum atomic E-state index is 14.0. The van der Waals surface area contributed by atoms with Crippen LogP contribution in [0.15, 0.2) is 54.6 Å². The summed E-state index contributed by atoms with van der Waals surface area (Å²) in [6, 6.07) is 11.6.